The molecule has 1 fully saturated rings. The van der Waals surface area contributed by atoms with Crippen molar-refractivity contribution >= 4 is 10.9 Å². The van der Waals surface area contributed by atoms with E-state index in [0.29, 0.717) is 5.52 Å². The van der Waals surface area contributed by atoms with E-state index >= 15 is 0 Å². The van der Waals surface area contributed by atoms with Gasteiger partial charge in [0.25, 0.3) is 0 Å². The molecule has 4 rings (SSSR count). The molecule has 27 heavy (non-hydrogen) atoms. The highest BCUT2D eigenvalue weighted by Crippen LogP contribution is 2.32. The highest BCUT2D eigenvalue weighted by Gasteiger charge is 2.18. The molecule has 5 heteroatoms. The summed E-state index contributed by atoms with van der Waals surface area (Å²) in [5.41, 5.74) is 3.25. The molecule has 3 aromatic rings. The van der Waals surface area contributed by atoms with Gasteiger partial charge in [-0.15, -0.1) is 0 Å². The Labute approximate surface area is 158 Å². The van der Waals surface area contributed by atoms with Crippen LogP contribution in [0.2, 0.25) is 0 Å². The summed E-state index contributed by atoms with van der Waals surface area (Å²) in [5.74, 6) is 0.584. The second-order valence-electron chi connectivity index (χ2n) is 7.50. The molecule has 1 aliphatic heterocycles. The predicted molar refractivity (Wildman–Crippen MR) is 105 cm³/mol. The number of phenols is 1. The van der Waals surface area contributed by atoms with E-state index in [1.165, 1.54) is 31.3 Å². The van der Waals surface area contributed by atoms with Gasteiger partial charge in [0, 0.05) is 5.39 Å². The minimum Gasteiger partial charge on any atom is -0.506 e. The van der Waals surface area contributed by atoms with E-state index in [2.05, 4.69) is 21.9 Å². The van der Waals surface area contributed by atoms with Crippen LogP contribution in [0.3, 0.4) is 0 Å². The van der Waals surface area contributed by atoms with E-state index in [4.69, 9.17) is 0 Å². The second kappa shape index (κ2) is 7.61. The smallest absolute Gasteiger partial charge is 0.142 e. The Hall–Kier alpha value is -2.53. The van der Waals surface area contributed by atoms with Gasteiger partial charge in [-0.3, -0.25) is 0 Å². The third kappa shape index (κ3) is 3.93. The fraction of sp³-hybridized carbons (Fsp3) is 0.364. The van der Waals surface area contributed by atoms with Gasteiger partial charge in [0.05, 0.1) is 5.69 Å². The van der Waals surface area contributed by atoms with Gasteiger partial charge in [0.2, 0.25) is 0 Å². The molecule has 0 radical (unpaired) electrons. The summed E-state index contributed by atoms with van der Waals surface area (Å²) in [6, 6.07) is 9.99. The standard InChI is InChI=1S/C22H24FN3O/c1-26-10-8-15(9-11-26)2-7-20-19-12-17(16-3-5-18(23)6-4-16)13-21(27)22(19)25-14-24-20/h3-6,12-15,27H,2,7-11H2,1H3. The van der Waals surface area contributed by atoms with Gasteiger partial charge >= 0.3 is 0 Å². The Bertz CT molecular complexity index is 934. The quantitative estimate of drug-likeness (QED) is 0.744. The van der Waals surface area contributed by atoms with Crippen molar-refractivity contribution in [2.24, 2.45) is 5.92 Å². The van der Waals surface area contributed by atoms with E-state index in [9.17, 15) is 9.50 Å². The minimum absolute atomic E-state index is 0.134. The normalized spacial score (nSPS) is 16.1. The molecular weight excluding hydrogens is 341 g/mol. The van der Waals surface area contributed by atoms with Crippen molar-refractivity contribution in [2.45, 2.75) is 25.7 Å². The molecule has 1 saturated heterocycles. The molecule has 0 bridgehead atoms. The second-order valence-corrected chi connectivity index (χ2v) is 7.50. The molecule has 4 nitrogen and oxygen atoms in total. The van der Waals surface area contributed by atoms with E-state index in [0.717, 1.165) is 54.1 Å². The first-order valence-corrected chi connectivity index (χ1v) is 9.51. The Morgan fingerprint density at radius 1 is 1.07 bits per heavy atom. The van der Waals surface area contributed by atoms with Gasteiger partial charge in [-0.2, -0.15) is 0 Å². The lowest BCUT2D eigenvalue weighted by Crippen LogP contribution is -2.30. The van der Waals surface area contributed by atoms with E-state index in [-0.39, 0.29) is 11.6 Å². The van der Waals surface area contributed by atoms with Gasteiger partial charge in [-0.1, -0.05) is 12.1 Å². The van der Waals surface area contributed by atoms with Crippen molar-refractivity contribution in [1.29, 1.82) is 0 Å². The number of fused-ring (bicyclic) bond motifs is 1. The van der Waals surface area contributed by atoms with Crippen LogP contribution in [0.4, 0.5) is 4.39 Å². The number of piperidine rings is 1. The number of hydrogen-bond donors (Lipinski definition) is 1. The van der Waals surface area contributed by atoms with Crippen LogP contribution in [-0.2, 0) is 6.42 Å². The lowest BCUT2D eigenvalue weighted by Gasteiger charge is -2.28. The number of hydrogen-bond acceptors (Lipinski definition) is 4. The average molecular weight is 365 g/mol. The maximum atomic E-state index is 13.2. The summed E-state index contributed by atoms with van der Waals surface area (Å²) >= 11 is 0. The summed E-state index contributed by atoms with van der Waals surface area (Å²) in [5, 5.41) is 11.3. The largest absolute Gasteiger partial charge is 0.506 e. The number of halogens is 1. The molecule has 1 aromatic heterocycles. The van der Waals surface area contributed by atoms with Crippen LogP contribution in [0.15, 0.2) is 42.7 Å². The van der Waals surface area contributed by atoms with Gasteiger partial charge in [-0.05, 0) is 87.1 Å². The third-order valence-corrected chi connectivity index (χ3v) is 5.61. The number of likely N-dealkylation sites (tertiary alicyclic amines) is 1. The van der Waals surface area contributed by atoms with Crippen LogP contribution in [0.5, 0.6) is 5.75 Å². The molecule has 0 aliphatic carbocycles. The Balaban J connectivity index is 1.63. The number of phenolic OH excluding ortho intramolecular Hbond substituents is 1. The van der Waals surface area contributed by atoms with Crippen molar-refractivity contribution in [3.63, 3.8) is 0 Å². The molecule has 0 unspecified atom stereocenters. The van der Waals surface area contributed by atoms with Crippen LogP contribution in [0, 0.1) is 11.7 Å². The predicted octanol–water partition coefficient (Wildman–Crippen LogP) is 4.42. The van der Waals surface area contributed by atoms with Crippen LogP contribution in [0.1, 0.15) is 25.0 Å². The number of aromatic nitrogens is 2. The number of benzene rings is 2. The molecule has 0 saturated carbocycles. The zero-order valence-electron chi connectivity index (χ0n) is 15.5. The Morgan fingerprint density at radius 3 is 2.56 bits per heavy atom. The zero-order valence-corrected chi connectivity index (χ0v) is 15.5. The maximum Gasteiger partial charge on any atom is 0.142 e. The number of aryl methyl sites for hydroxylation is 1. The fourth-order valence-corrected chi connectivity index (χ4v) is 3.90. The number of rotatable bonds is 4. The molecule has 1 aliphatic rings. The zero-order chi connectivity index (χ0) is 18.8. The minimum atomic E-state index is -0.272. The average Bonchev–Trinajstić information content (AvgIpc) is 2.68. The molecule has 2 aromatic carbocycles. The van der Waals surface area contributed by atoms with Crippen molar-refractivity contribution in [2.75, 3.05) is 20.1 Å². The molecule has 0 spiro atoms. The third-order valence-electron chi connectivity index (χ3n) is 5.61. The molecule has 0 amide bonds. The first-order valence-electron chi connectivity index (χ1n) is 9.51. The van der Waals surface area contributed by atoms with Crippen LogP contribution < -0.4 is 0 Å². The fourth-order valence-electron chi connectivity index (χ4n) is 3.90. The Morgan fingerprint density at radius 2 is 1.81 bits per heavy atom. The van der Waals surface area contributed by atoms with Gasteiger partial charge in [0.15, 0.2) is 0 Å². The SMILES string of the molecule is CN1CCC(CCc2ncnc3c(O)cc(-c4ccc(F)cc4)cc23)CC1. The summed E-state index contributed by atoms with van der Waals surface area (Å²) < 4.78 is 13.2. The van der Waals surface area contributed by atoms with E-state index < -0.39 is 0 Å². The highest BCUT2D eigenvalue weighted by atomic mass is 19.1. The van der Waals surface area contributed by atoms with Crippen molar-refractivity contribution < 1.29 is 9.50 Å². The van der Waals surface area contributed by atoms with Gasteiger partial charge in [0.1, 0.15) is 23.4 Å². The lowest BCUT2D eigenvalue weighted by atomic mass is 9.91. The highest BCUT2D eigenvalue weighted by molar-refractivity contribution is 5.91. The topological polar surface area (TPSA) is 49.2 Å². The van der Waals surface area contributed by atoms with Crippen molar-refractivity contribution in [1.82, 2.24) is 14.9 Å². The van der Waals surface area contributed by atoms with Crippen LogP contribution in [-0.4, -0.2) is 40.1 Å². The van der Waals surface area contributed by atoms with Gasteiger partial charge in [-0.25, -0.2) is 14.4 Å². The number of aromatic hydroxyl groups is 1. The summed E-state index contributed by atoms with van der Waals surface area (Å²) in [4.78, 5) is 11.1. The van der Waals surface area contributed by atoms with Crippen LogP contribution in [0.25, 0.3) is 22.0 Å². The molecular formula is C22H24FN3O. The molecule has 140 valence electrons. The molecule has 0 atom stereocenters. The monoisotopic (exact) mass is 365 g/mol. The first-order chi connectivity index (χ1) is 13.1. The first kappa shape index (κ1) is 17.9. The van der Waals surface area contributed by atoms with E-state index in [1.54, 1.807) is 18.2 Å². The van der Waals surface area contributed by atoms with E-state index in [1.807, 2.05) is 6.07 Å². The maximum absolute atomic E-state index is 13.2. The number of nitrogens with zero attached hydrogens (tertiary/aromatic N) is 3. The van der Waals surface area contributed by atoms with Gasteiger partial charge < -0.3 is 10.0 Å². The summed E-state index contributed by atoms with van der Waals surface area (Å²) in [6.07, 6.45) is 5.96. The molecule has 1 N–H and O–H groups in total. The Kier molecular flexibility index (Phi) is 5.03. The summed E-state index contributed by atoms with van der Waals surface area (Å²) in [6.45, 7) is 2.31. The lowest BCUT2D eigenvalue weighted by molar-refractivity contribution is 0.212. The summed E-state index contributed by atoms with van der Waals surface area (Å²) in [7, 11) is 2.17. The van der Waals surface area contributed by atoms with Crippen LogP contribution >= 0.6 is 0 Å². The molecule has 2 heterocycles. The van der Waals surface area contributed by atoms with Crippen molar-refractivity contribution in [3.05, 3.63) is 54.2 Å². The van der Waals surface area contributed by atoms with Crippen molar-refractivity contribution in [3.8, 4) is 16.9 Å².